The molecule has 0 amide bonds. The topological polar surface area (TPSA) is 86.3 Å². The lowest BCUT2D eigenvalue weighted by Crippen LogP contribution is -2.40. The molecule has 0 aliphatic carbocycles. The van der Waals surface area contributed by atoms with Gasteiger partial charge in [0.15, 0.2) is 0 Å². The molecule has 2 N–H and O–H groups in total. The Bertz CT molecular complexity index is 491. The van der Waals surface area contributed by atoms with Gasteiger partial charge in [-0.2, -0.15) is 0 Å². The first-order valence-electron chi connectivity index (χ1n) is 5.70. The van der Waals surface area contributed by atoms with Gasteiger partial charge < -0.3 is 10.0 Å². The number of carbonyl (C=O) groups is 1. The summed E-state index contributed by atoms with van der Waals surface area (Å²) in [5.74, 6) is -0.448. The quantitative estimate of drug-likeness (QED) is 0.779. The first kappa shape index (κ1) is 11.6. The Hall–Kier alpha value is -1.85. The van der Waals surface area contributed by atoms with Crippen molar-refractivity contribution < 1.29 is 9.90 Å². The van der Waals surface area contributed by atoms with E-state index in [0.29, 0.717) is 18.1 Å². The van der Waals surface area contributed by atoms with Crippen molar-refractivity contribution in [3.8, 4) is 0 Å². The third kappa shape index (κ3) is 2.30. The standard InChI is InChI=1S/C11H15N3O3/c1-2-8-7(6-9(15)16)10(17)13-11(12-8)14-4-3-5-14/h2-6H2,1H3,(H,15,16)(H,12,13,17). The van der Waals surface area contributed by atoms with Crippen LogP contribution in [-0.2, 0) is 17.6 Å². The molecule has 1 fully saturated rings. The molecule has 0 saturated carbocycles. The van der Waals surface area contributed by atoms with Gasteiger partial charge >= 0.3 is 5.97 Å². The molecule has 0 bridgehead atoms. The molecule has 6 nitrogen and oxygen atoms in total. The highest BCUT2D eigenvalue weighted by atomic mass is 16.4. The summed E-state index contributed by atoms with van der Waals surface area (Å²) in [6.07, 6.45) is 1.39. The van der Waals surface area contributed by atoms with Gasteiger partial charge in [0, 0.05) is 13.1 Å². The van der Waals surface area contributed by atoms with Crippen molar-refractivity contribution in [3.63, 3.8) is 0 Å². The minimum Gasteiger partial charge on any atom is -0.481 e. The van der Waals surface area contributed by atoms with Gasteiger partial charge in [-0.1, -0.05) is 6.92 Å². The molecular formula is C11H15N3O3. The van der Waals surface area contributed by atoms with E-state index in [2.05, 4.69) is 9.97 Å². The van der Waals surface area contributed by atoms with E-state index in [1.807, 2.05) is 11.8 Å². The van der Waals surface area contributed by atoms with Crippen molar-refractivity contribution in [3.05, 3.63) is 21.6 Å². The van der Waals surface area contributed by atoms with E-state index in [9.17, 15) is 9.59 Å². The van der Waals surface area contributed by atoms with E-state index in [1.54, 1.807) is 0 Å². The first-order chi connectivity index (χ1) is 8.11. The van der Waals surface area contributed by atoms with E-state index in [0.717, 1.165) is 19.5 Å². The smallest absolute Gasteiger partial charge is 0.308 e. The zero-order valence-electron chi connectivity index (χ0n) is 9.69. The monoisotopic (exact) mass is 237 g/mol. The van der Waals surface area contributed by atoms with Crippen LogP contribution >= 0.6 is 0 Å². The maximum absolute atomic E-state index is 11.8. The minimum atomic E-state index is -1.01. The van der Waals surface area contributed by atoms with Gasteiger partial charge in [-0.15, -0.1) is 0 Å². The number of aromatic nitrogens is 2. The van der Waals surface area contributed by atoms with Crippen molar-refractivity contribution >= 4 is 11.9 Å². The maximum atomic E-state index is 11.8. The van der Waals surface area contributed by atoms with Crippen molar-refractivity contribution in [2.45, 2.75) is 26.2 Å². The average molecular weight is 237 g/mol. The lowest BCUT2D eigenvalue weighted by molar-refractivity contribution is -0.136. The van der Waals surface area contributed by atoms with Crippen LogP contribution in [0.15, 0.2) is 4.79 Å². The number of carboxylic acids is 1. The first-order valence-corrected chi connectivity index (χ1v) is 5.70. The molecule has 1 aromatic heterocycles. The highest BCUT2D eigenvalue weighted by Gasteiger charge is 2.20. The van der Waals surface area contributed by atoms with Gasteiger partial charge in [0.2, 0.25) is 5.95 Å². The van der Waals surface area contributed by atoms with Crippen molar-refractivity contribution in [2.24, 2.45) is 0 Å². The van der Waals surface area contributed by atoms with E-state index in [4.69, 9.17) is 5.11 Å². The van der Waals surface area contributed by atoms with Crippen LogP contribution in [-0.4, -0.2) is 34.1 Å². The molecular weight excluding hydrogens is 222 g/mol. The fourth-order valence-electron chi connectivity index (χ4n) is 1.84. The Balaban J connectivity index is 2.39. The Morgan fingerprint density at radius 2 is 2.24 bits per heavy atom. The predicted molar refractivity (Wildman–Crippen MR) is 62.4 cm³/mol. The molecule has 2 heterocycles. The summed E-state index contributed by atoms with van der Waals surface area (Å²) in [6.45, 7) is 3.65. The molecule has 1 aliphatic heterocycles. The lowest BCUT2D eigenvalue weighted by Gasteiger charge is -2.31. The number of nitrogens with zero attached hydrogens (tertiary/aromatic N) is 2. The Morgan fingerprint density at radius 1 is 1.53 bits per heavy atom. The molecule has 17 heavy (non-hydrogen) atoms. The average Bonchev–Trinajstić information content (AvgIpc) is 2.18. The number of hydrogen-bond acceptors (Lipinski definition) is 4. The number of nitrogens with one attached hydrogen (secondary N) is 1. The van der Waals surface area contributed by atoms with Gasteiger partial charge in [-0.25, -0.2) is 4.98 Å². The van der Waals surface area contributed by atoms with Crippen molar-refractivity contribution in [2.75, 3.05) is 18.0 Å². The third-order valence-electron chi connectivity index (χ3n) is 2.91. The number of carboxylic acid groups (broad SMARTS) is 1. The highest BCUT2D eigenvalue weighted by Crippen LogP contribution is 2.15. The maximum Gasteiger partial charge on any atom is 0.308 e. The van der Waals surface area contributed by atoms with Crippen LogP contribution in [0.4, 0.5) is 5.95 Å². The zero-order chi connectivity index (χ0) is 12.4. The molecule has 2 rings (SSSR count). The summed E-state index contributed by atoms with van der Waals surface area (Å²) >= 11 is 0. The molecule has 0 aromatic carbocycles. The van der Waals surface area contributed by atoms with Gasteiger partial charge in [0.1, 0.15) is 0 Å². The van der Waals surface area contributed by atoms with Crippen LogP contribution in [0.2, 0.25) is 0 Å². The van der Waals surface area contributed by atoms with Crippen LogP contribution < -0.4 is 10.5 Å². The minimum absolute atomic E-state index is 0.268. The summed E-state index contributed by atoms with van der Waals surface area (Å²) in [4.78, 5) is 31.5. The molecule has 0 unspecified atom stereocenters. The zero-order valence-corrected chi connectivity index (χ0v) is 9.69. The van der Waals surface area contributed by atoms with Gasteiger partial charge in [0.05, 0.1) is 17.7 Å². The summed E-state index contributed by atoms with van der Waals surface area (Å²) in [7, 11) is 0. The van der Waals surface area contributed by atoms with E-state index < -0.39 is 5.97 Å². The molecule has 0 atom stereocenters. The fourth-order valence-corrected chi connectivity index (χ4v) is 1.84. The number of anilines is 1. The molecule has 1 aromatic rings. The van der Waals surface area contributed by atoms with Gasteiger partial charge in [-0.05, 0) is 12.8 Å². The van der Waals surface area contributed by atoms with Crippen LogP contribution in [0.3, 0.4) is 0 Å². The van der Waals surface area contributed by atoms with Crippen LogP contribution in [0, 0.1) is 0 Å². The molecule has 0 spiro atoms. The van der Waals surface area contributed by atoms with Crippen molar-refractivity contribution in [1.29, 1.82) is 0 Å². The number of rotatable bonds is 4. The summed E-state index contributed by atoms with van der Waals surface area (Å²) in [5.41, 5.74) is 0.517. The van der Waals surface area contributed by atoms with Crippen LogP contribution in [0.25, 0.3) is 0 Å². The van der Waals surface area contributed by atoms with Gasteiger partial charge in [0.25, 0.3) is 5.56 Å². The van der Waals surface area contributed by atoms with E-state index in [1.165, 1.54) is 0 Å². The summed E-state index contributed by atoms with van der Waals surface area (Å²) in [6, 6.07) is 0. The second-order valence-corrected chi connectivity index (χ2v) is 4.08. The molecule has 1 aliphatic rings. The second-order valence-electron chi connectivity index (χ2n) is 4.08. The fraction of sp³-hybridized carbons (Fsp3) is 0.545. The summed E-state index contributed by atoms with van der Waals surface area (Å²) < 4.78 is 0. The van der Waals surface area contributed by atoms with E-state index in [-0.39, 0.29) is 17.5 Å². The number of aryl methyl sites for hydroxylation is 1. The van der Waals surface area contributed by atoms with Gasteiger partial charge in [-0.3, -0.25) is 14.6 Å². The lowest BCUT2D eigenvalue weighted by atomic mass is 10.1. The predicted octanol–water partition coefficient (Wildman–Crippen LogP) is 0.169. The van der Waals surface area contributed by atoms with Crippen molar-refractivity contribution in [1.82, 2.24) is 9.97 Å². The SMILES string of the molecule is CCc1nc(N2CCC2)[nH]c(=O)c1CC(=O)O. The second kappa shape index (κ2) is 4.57. The Kier molecular flexibility index (Phi) is 3.12. The largest absolute Gasteiger partial charge is 0.481 e. The molecule has 6 heteroatoms. The Morgan fingerprint density at radius 3 is 2.71 bits per heavy atom. The normalized spacial score (nSPS) is 14.5. The Labute approximate surface area is 98.3 Å². The number of hydrogen-bond donors (Lipinski definition) is 2. The third-order valence-corrected chi connectivity index (χ3v) is 2.91. The summed E-state index contributed by atoms with van der Waals surface area (Å²) in [5, 5.41) is 8.76. The van der Waals surface area contributed by atoms with E-state index >= 15 is 0 Å². The molecule has 92 valence electrons. The molecule has 0 radical (unpaired) electrons. The number of H-pyrrole nitrogens is 1. The number of aromatic amines is 1. The van der Waals surface area contributed by atoms with Crippen LogP contribution in [0.5, 0.6) is 0 Å². The number of aliphatic carboxylic acids is 1. The van der Waals surface area contributed by atoms with Crippen LogP contribution in [0.1, 0.15) is 24.6 Å². The highest BCUT2D eigenvalue weighted by molar-refractivity contribution is 5.70. The molecule has 1 saturated heterocycles.